The molecule has 3 aromatic heterocycles. The van der Waals surface area contributed by atoms with Crippen LogP contribution in [-0.4, -0.2) is 113 Å². The fourth-order valence-electron chi connectivity index (χ4n) is 6.57. The molecule has 4 aromatic rings. The van der Waals surface area contributed by atoms with Gasteiger partial charge in [0.25, 0.3) is 5.91 Å². The van der Waals surface area contributed by atoms with Crippen molar-refractivity contribution in [3.63, 3.8) is 0 Å². The van der Waals surface area contributed by atoms with E-state index in [0.29, 0.717) is 62.9 Å². The number of carbonyl (C=O) groups is 2. The van der Waals surface area contributed by atoms with E-state index in [2.05, 4.69) is 53.0 Å². The summed E-state index contributed by atoms with van der Waals surface area (Å²) in [5, 5.41) is 7.03. The molecule has 7 rings (SSSR count). The number of pyridine rings is 1. The maximum Gasteiger partial charge on any atom is 0.274 e. The predicted octanol–water partition coefficient (Wildman–Crippen LogP) is 3.40. The van der Waals surface area contributed by atoms with Gasteiger partial charge in [0, 0.05) is 75.0 Å². The SMILES string of the molecule is C=C(CN1CC(F)C1)C(=O)N[C@@H]1CCCN(Cc2ccnc(C(=O)Nc3ccc(-c4cc5c(N6CCOCC6)ncnc5[nH]4)cc3)c2)C1. The number of aromatic amines is 1. The second-order valence-corrected chi connectivity index (χ2v) is 12.8. The quantitative estimate of drug-likeness (QED) is 0.221. The molecule has 0 saturated carbocycles. The van der Waals surface area contributed by atoms with Gasteiger partial charge in [-0.2, -0.15) is 0 Å². The number of rotatable bonds is 10. The van der Waals surface area contributed by atoms with Crippen molar-refractivity contribution < 1.29 is 18.7 Å². The lowest BCUT2D eigenvalue weighted by Gasteiger charge is -2.35. The number of anilines is 2. The summed E-state index contributed by atoms with van der Waals surface area (Å²) in [6, 6.07) is 13.5. The highest BCUT2D eigenvalue weighted by Crippen LogP contribution is 2.30. The Morgan fingerprint density at radius 3 is 2.60 bits per heavy atom. The molecule has 250 valence electrons. The van der Waals surface area contributed by atoms with Crippen LogP contribution in [-0.2, 0) is 16.1 Å². The molecule has 0 spiro atoms. The smallest absolute Gasteiger partial charge is 0.274 e. The fourth-order valence-corrected chi connectivity index (χ4v) is 6.57. The Bertz CT molecular complexity index is 1780. The van der Waals surface area contributed by atoms with Crippen molar-refractivity contribution in [3.8, 4) is 11.3 Å². The number of nitrogens with one attached hydrogen (secondary N) is 3. The van der Waals surface area contributed by atoms with Crippen LogP contribution in [0.3, 0.4) is 0 Å². The Hall–Kier alpha value is -4.72. The first-order chi connectivity index (χ1) is 23.4. The van der Waals surface area contributed by atoms with Crippen molar-refractivity contribution in [1.82, 2.24) is 35.1 Å². The Kier molecular flexibility index (Phi) is 9.41. The van der Waals surface area contributed by atoms with Crippen LogP contribution in [0.5, 0.6) is 0 Å². The van der Waals surface area contributed by atoms with E-state index in [0.717, 1.165) is 66.1 Å². The number of fused-ring (bicyclic) bond motifs is 1. The molecule has 13 heteroatoms. The summed E-state index contributed by atoms with van der Waals surface area (Å²) in [6.45, 7) is 10.2. The molecule has 0 bridgehead atoms. The molecule has 0 aliphatic carbocycles. The third kappa shape index (κ3) is 7.38. The predicted molar refractivity (Wildman–Crippen MR) is 181 cm³/mol. The van der Waals surface area contributed by atoms with E-state index < -0.39 is 6.17 Å². The molecule has 48 heavy (non-hydrogen) atoms. The van der Waals surface area contributed by atoms with Gasteiger partial charge in [0.15, 0.2) is 0 Å². The molecule has 3 aliphatic rings. The van der Waals surface area contributed by atoms with Crippen LogP contribution in [0, 0.1) is 0 Å². The zero-order valence-electron chi connectivity index (χ0n) is 26.8. The van der Waals surface area contributed by atoms with Gasteiger partial charge in [0.2, 0.25) is 5.91 Å². The minimum atomic E-state index is -0.803. The molecule has 3 aliphatic heterocycles. The number of H-pyrrole nitrogens is 1. The Labute approximate surface area is 278 Å². The minimum absolute atomic E-state index is 0.00463. The first-order valence-electron chi connectivity index (χ1n) is 16.5. The minimum Gasteiger partial charge on any atom is -0.378 e. The molecule has 1 aromatic carbocycles. The summed E-state index contributed by atoms with van der Waals surface area (Å²) in [4.78, 5) is 48.9. The lowest BCUT2D eigenvalue weighted by atomic mass is 10.0. The lowest BCUT2D eigenvalue weighted by molar-refractivity contribution is -0.119. The van der Waals surface area contributed by atoms with Crippen LogP contribution >= 0.6 is 0 Å². The summed E-state index contributed by atoms with van der Waals surface area (Å²) in [5.41, 5.74) is 5.08. The first-order valence-corrected chi connectivity index (χ1v) is 16.5. The van der Waals surface area contributed by atoms with Gasteiger partial charge in [-0.3, -0.25) is 24.4 Å². The van der Waals surface area contributed by atoms with Crippen molar-refractivity contribution >= 4 is 34.4 Å². The van der Waals surface area contributed by atoms with E-state index in [1.807, 2.05) is 41.3 Å². The summed E-state index contributed by atoms with van der Waals surface area (Å²) in [6.07, 6.45) is 4.27. The average Bonchev–Trinajstić information content (AvgIpc) is 3.53. The van der Waals surface area contributed by atoms with Gasteiger partial charge >= 0.3 is 0 Å². The number of morpholine rings is 1. The molecular weight excluding hydrogens is 613 g/mol. The fraction of sp³-hybridized carbons (Fsp3) is 0.400. The molecule has 12 nitrogen and oxygen atoms in total. The maximum atomic E-state index is 13.2. The van der Waals surface area contributed by atoms with Crippen LogP contribution in [0.1, 0.15) is 28.9 Å². The number of halogens is 1. The molecule has 0 unspecified atom stereocenters. The van der Waals surface area contributed by atoms with Crippen LogP contribution < -0.4 is 15.5 Å². The number of piperidine rings is 1. The standard InChI is InChI=1S/C35H40FN9O3/c1-23(17-44-19-26(36)20-44)34(46)41-28-3-2-10-43(21-28)18-24-8-9-37-31(15-24)35(47)40-27-6-4-25(5-7-27)30-16-29-32(42-30)38-22-39-33(29)45-11-13-48-14-12-45/h4-9,15-16,22,26,28H,1-3,10-14,17-21H2,(H,40,47)(H,41,46)(H,38,39,42)/t28-/m1/s1. The molecule has 2 amide bonds. The summed E-state index contributed by atoms with van der Waals surface area (Å²) >= 11 is 0. The number of ether oxygens (including phenoxy) is 1. The second kappa shape index (κ2) is 14.2. The molecule has 3 N–H and O–H groups in total. The molecular formula is C35H40FN9O3. The van der Waals surface area contributed by atoms with E-state index in [-0.39, 0.29) is 17.9 Å². The number of carbonyl (C=O) groups excluding carboxylic acids is 2. The van der Waals surface area contributed by atoms with Crippen LogP contribution in [0.2, 0.25) is 0 Å². The van der Waals surface area contributed by atoms with Crippen molar-refractivity contribution in [2.24, 2.45) is 0 Å². The average molecular weight is 654 g/mol. The zero-order valence-corrected chi connectivity index (χ0v) is 26.8. The molecule has 0 radical (unpaired) electrons. The first kappa shape index (κ1) is 31.9. The Balaban J connectivity index is 0.938. The van der Waals surface area contributed by atoms with Gasteiger partial charge in [-0.25, -0.2) is 14.4 Å². The monoisotopic (exact) mass is 653 g/mol. The summed E-state index contributed by atoms with van der Waals surface area (Å²) < 4.78 is 18.6. The van der Waals surface area contributed by atoms with E-state index >= 15 is 0 Å². The van der Waals surface area contributed by atoms with Gasteiger partial charge in [-0.05, 0) is 60.8 Å². The largest absolute Gasteiger partial charge is 0.378 e. The third-order valence-corrected chi connectivity index (χ3v) is 9.12. The number of alkyl halides is 1. The number of amides is 2. The molecule has 3 saturated heterocycles. The van der Waals surface area contributed by atoms with Crippen LogP contribution in [0.4, 0.5) is 15.9 Å². The zero-order chi connectivity index (χ0) is 33.0. The van der Waals surface area contributed by atoms with Gasteiger partial charge in [0.1, 0.15) is 29.7 Å². The number of likely N-dealkylation sites (tertiary alicyclic amines) is 2. The highest BCUT2D eigenvalue weighted by atomic mass is 19.1. The Morgan fingerprint density at radius 2 is 1.81 bits per heavy atom. The normalized spacial score (nSPS) is 19.2. The third-order valence-electron chi connectivity index (χ3n) is 9.12. The van der Waals surface area contributed by atoms with Crippen LogP contribution in [0.15, 0.2) is 67.1 Å². The number of hydrogen-bond acceptors (Lipinski definition) is 9. The molecule has 6 heterocycles. The highest BCUT2D eigenvalue weighted by molar-refractivity contribution is 6.03. The highest BCUT2D eigenvalue weighted by Gasteiger charge is 2.28. The van der Waals surface area contributed by atoms with Gasteiger partial charge < -0.3 is 25.3 Å². The van der Waals surface area contributed by atoms with E-state index in [1.165, 1.54) is 0 Å². The van der Waals surface area contributed by atoms with Gasteiger partial charge in [0.05, 0.1) is 18.6 Å². The molecule has 3 fully saturated rings. The summed E-state index contributed by atoms with van der Waals surface area (Å²) in [7, 11) is 0. The van der Waals surface area contributed by atoms with E-state index in [1.54, 1.807) is 12.5 Å². The summed E-state index contributed by atoms with van der Waals surface area (Å²) in [5.74, 6) is 0.438. The number of benzene rings is 1. The number of hydrogen-bond donors (Lipinski definition) is 3. The lowest BCUT2D eigenvalue weighted by Crippen LogP contribution is -2.51. The van der Waals surface area contributed by atoms with Crippen LogP contribution in [0.25, 0.3) is 22.3 Å². The maximum absolute atomic E-state index is 13.2. The van der Waals surface area contributed by atoms with Gasteiger partial charge in [-0.1, -0.05) is 18.7 Å². The van der Waals surface area contributed by atoms with Gasteiger partial charge in [-0.15, -0.1) is 0 Å². The topological polar surface area (TPSA) is 132 Å². The van der Waals surface area contributed by atoms with Crippen molar-refractivity contribution in [3.05, 3.63) is 78.4 Å². The van der Waals surface area contributed by atoms with Crippen molar-refractivity contribution in [2.75, 3.05) is 69.2 Å². The number of aromatic nitrogens is 4. The van der Waals surface area contributed by atoms with E-state index in [9.17, 15) is 14.0 Å². The Morgan fingerprint density at radius 1 is 1.00 bits per heavy atom. The molecule has 1 atom stereocenters. The number of nitrogens with zero attached hydrogens (tertiary/aromatic N) is 6. The van der Waals surface area contributed by atoms with Crippen molar-refractivity contribution in [1.29, 1.82) is 0 Å². The van der Waals surface area contributed by atoms with E-state index in [4.69, 9.17) is 4.74 Å². The van der Waals surface area contributed by atoms with Crippen molar-refractivity contribution in [2.45, 2.75) is 31.6 Å². The second-order valence-electron chi connectivity index (χ2n) is 12.8.